The fourth-order valence-corrected chi connectivity index (χ4v) is 3.68. The Morgan fingerprint density at radius 1 is 1.19 bits per heavy atom. The van der Waals surface area contributed by atoms with Gasteiger partial charge < -0.3 is 10.2 Å². The molecular weight excluding hydrogens is 348 g/mol. The monoisotopic (exact) mass is 372 g/mol. The van der Waals surface area contributed by atoms with Crippen molar-refractivity contribution in [1.29, 1.82) is 0 Å². The molecule has 2 fully saturated rings. The van der Waals surface area contributed by atoms with Gasteiger partial charge in [-0.25, -0.2) is 0 Å². The minimum atomic E-state index is 0.0797. The third-order valence-electron chi connectivity index (χ3n) is 5.34. The summed E-state index contributed by atoms with van der Waals surface area (Å²) < 4.78 is 1.78. The van der Waals surface area contributed by atoms with Gasteiger partial charge in [0.25, 0.3) is 5.91 Å². The van der Waals surface area contributed by atoms with Crippen molar-refractivity contribution in [2.24, 2.45) is 5.92 Å². The van der Waals surface area contributed by atoms with Crippen molar-refractivity contribution in [2.75, 3.05) is 19.6 Å². The van der Waals surface area contributed by atoms with E-state index in [2.05, 4.69) is 10.4 Å². The maximum Gasteiger partial charge on any atom is 0.257 e. The second kappa shape index (κ2) is 7.80. The largest absolute Gasteiger partial charge is 0.338 e. The number of halogens is 1. The Hall–Kier alpha value is -1.85. The SMILES string of the molecule is O=C(c1cnn(Cc2ccccc2Cl)c1)N1CCC(NCC2CC2)CC1. The minimum Gasteiger partial charge on any atom is -0.338 e. The maximum atomic E-state index is 12.7. The molecule has 0 atom stereocenters. The van der Waals surface area contributed by atoms with E-state index in [4.69, 9.17) is 11.6 Å². The first-order valence-corrected chi connectivity index (χ1v) is 9.85. The molecule has 0 spiro atoms. The zero-order valence-corrected chi connectivity index (χ0v) is 15.7. The lowest BCUT2D eigenvalue weighted by atomic mass is 10.0. The van der Waals surface area contributed by atoms with Crippen molar-refractivity contribution in [3.05, 3.63) is 52.8 Å². The van der Waals surface area contributed by atoms with Gasteiger partial charge in [0.15, 0.2) is 0 Å². The summed E-state index contributed by atoms with van der Waals surface area (Å²) in [5.41, 5.74) is 1.65. The van der Waals surface area contributed by atoms with Gasteiger partial charge in [0, 0.05) is 30.4 Å². The molecule has 2 aliphatic rings. The first kappa shape index (κ1) is 17.6. The van der Waals surface area contributed by atoms with Crippen LogP contribution in [-0.4, -0.2) is 46.3 Å². The Morgan fingerprint density at radius 3 is 2.69 bits per heavy atom. The van der Waals surface area contributed by atoms with E-state index >= 15 is 0 Å². The van der Waals surface area contributed by atoms with E-state index in [9.17, 15) is 4.79 Å². The Kier molecular flexibility index (Phi) is 5.27. The van der Waals surface area contributed by atoms with Crippen molar-refractivity contribution < 1.29 is 4.79 Å². The highest BCUT2D eigenvalue weighted by atomic mass is 35.5. The summed E-state index contributed by atoms with van der Waals surface area (Å²) in [5, 5.41) is 8.71. The van der Waals surface area contributed by atoms with Crippen LogP contribution in [0.3, 0.4) is 0 Å². The van der Waals surface area contributed by atoms with Gasteiger partial charge in [0.05, 0.1) is 18.3 Å². The van der Waals surface area contributed by atoms with Gasteiger partial charge in [-0.1, -0.05) is 29.8 Å². The first-order chi connectivity index (χ1) is 12.7. The summed E-state index contributed by atoms with van der Waals surface area (Å²) >= 11 is 6.21. The molecule has 1 saturated heterocycles. The van der Waals surface area contributed by atoms with Gasteiger partial charge in [-0.05, 0) is 49.8 Å². The van der Waals surface area contributed by atoms with E-state index in [0.717, 1.165) is 49.0 Å². The number of rotatable bonds is 6. The van der Waals surface area contributed by atoms with Gasteiger partial charge >= 0.3 is 0 Å². The number of nitrogens with zero attached hydrogens (tertiary/aromatic N) is 3. The van der Waals surface area contributed by atoms with Crippen LogP contribution < -0.4 is 5.32 Å². The maximum absolute atomic E-state index is 12.7. The third kappa shape index (κ3) is 4.27. The van der Waals surface area contributed by atoms with Crippen LogP contribution in [0.2, 0.25) is 5.02 Å². The number of amides is 1. The van der Waals surface area contributed by atoms with E-state index in [1.54, 1.807) is 10.9 Å². The molecule has 2 aromatic rings. The second-order valence-electron chi connectivity index (χ2n) is 7.44. The number of piperidine rings is 1. The standard InChI is InChI=1S/C20H25ClN4O/c21-19-4-2-1-3-16(19)13-25-14-17(12-23-25)20(26)24-9-7-18(8-10-24)22-11-15-5-6-15/h1-4,12,14-15,18,22H,5-11,13H2. The molecule has 1 saturated carbocycles. The van der Waals surface area contributed by atoms with Gasteiger partial charge in [-0.15, -0.1) is 0 Å². The molecule has 138 valence electrons. The highest BCUT2D eigenvalue weighted by Gasteiger charge is 2.26. The number of likely N-dealkylation sites (tertiary alicyclic amines) is 1. The highest BCUT2D eigenvalue weighted by Crippen LogP contribution is 2.28. The second-order valence-corrected chi connectivity index (χ2v) is 7.84. The molecule has 1 aliphatic carbocycles. The molecule has 1 N–H and O–H groups in total. The summed E-state index contributed by atoms with van der Waals surface area (Å²) in [7, 11) is 0. The molecule has 1 amide bonds. The van der Waals surface area contributed by atoms with E-state index in [-0.39, 0.29) is 5.91 Å². The predicted octanol–water partition coefficient (Wildman–Crippen LogP) is 3.19. The van der Waals surface area contributed by atoms with Gasteiger partial charge in [-0.2, -0.15) is 5.10 Å². The summed E-state index contributed by atoms with van der Waals surface area (Å²) in [6.45, 7) is 3.35. The van der Waals surface area contributed by atoms with Crippen LogP contribution in [0.5, 0.6) is 0 Å². The van der Waals surface area contributed by atoms with Crippen LogP contribution in [0, 0.1) is 5.92 Å². The third-order valence-corrected chi connectivity index (χ3v) is 5.71. The summed E-state index contributed by atoms with van der Waals surface area (Å²) in [5.74, 6) is 0.981. The summed E-state index contributed by atoms with van der Waals surface area (Å²) in [4.78, 5) is 14.7. The Labute approximate surface area is 159 Å². The quantitative estimate of drug-likeness (QED) is 0.847. The normalized spacial score (nSPS) is 18.3. The number of hydrogen-bond acceptors (Lipinski definition) is 3. The Morgan fingerprint density at radius 2 is 1.96 bits per heavy atom. The molecule has 6 heteroatoms. The van der Waals surface area contributed by atoms with E-state index in [1.807, 2.05) is 35.4 Å². The van der Waals surface area contributed by atoms with Crippen LogP contribution in [0.15, 0.2) is 36.7 Å². The van der Waals surface area contributed by atoms with Crippen molar-refractivity contribution >= 4 is 17.5 Å². The lowest BCUT2D eigenvalue weighted by molar-refractivity contribution is 0.0705. The fourth-order valence-electron chi connectivity index (χ4n) is 3.49. The van der Waals surface area contributed by atoms with Crippen molar-refractivity contribution in [3.63, 3.8) is 0 Å². The molecule has 1 aromatic heterocycles. The summed E-state index contributed by atoms with van der Waals surface area (Å²) in [6.07, 6.45) is 8.31. The zero-order valence-electron chi connectivity index (χ0n) is 14.9. The number of aromatic nitrogens is 2. The molecule has 0 unspecified atom stereocenters. The zero-order chi connectivity index (χ0) is 17.9. The molecule has 2 heterocycles. The van der Waals surface area contributed by atoms with Crippen LogP contribution in [0.1, 0.15) is 41.6 Å². The predicted molar refractivity (Wildman–Crippen MR) is 102 cm³/mol. The number of nitrogens with one attached hydrogen (secondary N) is 1. The topological polar surface area (TPSA) is 50.2 Å². The van der Waals surface area contributed by atoms with E-state index in [0.29, 0.717) is 18.2 Å². The van der Waals surface area contributed by atoms with Crippen LogP contribution in [0.4, 0.5) is 0 Å². The summed E-state index contributed by atoms with van der Waals surface area (Å²) in [6, 6.07) is 8.27. The van der Waals surface area contributed by atoms with Crippen molar-refractivity contribution in [2.45, 2.75) is 38.3 Å². The van der Waals surface area contributed by atoms with Crippen LogP contribution >= 0.6 is 11.6 Å². The number of hydrogen-bond donors (Lipinski definition) is 1. The number of carbonyl (C=O) groups excluding carboxylic acids is 1. The smallest absolute Gasteiger partial charge is 0.257 e. The van der Waals surface area contributed by atoms with Gasteiger partial charge in [0.2, 0.25) is 0 Å². The van der Waals surface area contributed by atoms with Gasteiger partial charge in [0.1, 0.15) is 0 Å². The molecule has 26 heavy (non-hydrogen) atoms. The molecule has 5 nitrogen and oxygen atoms in total. The average Bonchev–Trinajstić information content (AvgIpc) is 3.38. The Balaban J connectivity index is 1.31. The molecule has 0 radical (unpaired) electrons. The fraction of sp³-hybridized carbons (Fsp3) is 0.500. The van der Waals surface area contributed by atoms with Gasteiger partial charge in [-0.3, -0.25) is 9.48 Å². The van der Waals surface area contributed by atoms with E-state index < -0.39 is 0 Å². The highest BCUT2D eigenvalue weighted by molar-refractivity contribution is 6.31. The van der Waals surface area contributed by atoms with Crippen LogP contribution in [-0.2, 0) is 6.54 Å². The minimum absolute atomic E-state index is 0.0797. The lowest BCUT2D eigenvalue weighted by Crippen LogP contribution is -2.45. The van der Waals surface area contributed by atoms with Crippen LogP contribution in [0.25, 0.3) is 0 Å². The Bertz CT molecular complexity index is 763. The number of benzene rings is 1. The molecule has 0 bridgehead atoms. The van der Waals surface area contributed by atoms with Crippen molar-refractivity contribution in [3.8, 4) is 0 Å². The molecule has 1 aliphatic heterocycles. The first-order valence-electron chi connectivity index (χ1n) is 9.47. The molecular formula is C20H25ClN4O. The lowest BCUT2D eigenvalue weighted by Gasteiger charge is -2.32. The van der Waals surface area contributed by atoms with Crippen molar-refractivity contribution in [1.82, 2.24) is 20.0 Å². The molecule has 1 aromatic carbocycles. The number of carbonyl (C=O) groups is 1. The molecule has 4 rings (SSSR count). The van der Waals surface area contributed by atoms with E-state index in [1.165, 1.54) is 12.8 Å². The average molecular weight is 373 g/mol.